The maximum absolute atomic E-state index is 11.8. The molecular weight excluding hydrogens is 338 g/mol. The van der Waals surface area contributed by atoms with Gasteiger partial charge in [-0.1, -0.05) is 0 Å². The molecule has 0 radical (unpaired) electrons. The Bertz CT molecular complexity index is 499. The summed E-state index contributed by atoms with van der Waals surface area (Å²) < 4.78 is 0.855. The Kier molecular flexibility index (Phi) is 5.69. The highest BCUT2D eigenvalue weighted by molar-refractivity contribution is 9.10. The summed E-state index contributed by atoms with van der Waals surface area (Å²) in [5.41, 5.74) is 0. The summed E-state index contributed by atoms with van der Waals surface area (Å²) in [6.07, 6.45) is 4.55. The van der Waals surface area contributed by atoms with Crippen molar-refractivity contribution in [1.29, 1.82) is 0 Å². The van der Waals surface area contributed by atoms with E-state index in [1.165, 1.54) is 0 Å². The van der Waals surface area contributed by atoms with Gasteiger partial charge in [0.15, 0.2) is 0 Å². The van der Waals surface area contributed by atoms with E-state index in [1.807, 2.05) is 6.07 Å². The largest absolute Gasteiger partial charge is 0.481 e. The third-order valence-electron chi connectivity index (χ3n) is 3.62. The first kappa shape index (κ1) is 15.9. The molecule has 0 bridgehead atoms. The van der Waals surface area contributed by atoms with Crippen LogP contribution in [0.3, 0.4) is 0 Å². The van der Waals surface area contributed by atoms with Gasteiger partial charge < -0.3 is 15.7 Å². The Hall–Kier alpha value is -1.47. The normalized spacial score (nSPS) is 21.8. The molecule has 0 saturated heterocycles. The van der Waals surface area contributed by atoms with Crippen molar-refractivity contribution >= 4 is 33.6 Å². The second-order valence-corrected chi connectivity index (χ2v) is 6.09. The van der Waals surface area contributed by atoms with Crippen LogP contribution >= 0.6 is 15.9 Å². The van der Waals surface area contributed by atoms with Gasteiger partial charge in [0.25, 0.3) is 0 Å². The molecule has 0 atom stereocenters. The number of hydrogen-bond acceptors (Lipinski definition) is 4. The Labute approximate surface area is 131 Å². The quantitative estimate of drug-likeness (QED) is 0.751. The number of carboxylic acid groups (broad SMARTS) is 1. The second-order valence-electron chi connectivity index (χ2n) is 5.18. The number of nitrogens with one attached hydrogen (secondary N) is 2. The van der Waals surface area contributed by atoms with Crippen LogP contribution in [0, 0.1) is 5.92 Å². The van der Waals surface area contributed by atoms with Gasteiger partial charge in [-0.2, -0.15) is 0 Å². The third kappa shape index (κ3) is 5.09. The predicted octanol–water partition coefficient (Wildman–Crippen LogP) is 2.02. The van der Waals surface area contributed by atoms with Crippen LogP contribution < -0.4 is 10.6 Å². The van der Waals surface area contributed by atoms with Crippen LogP contribution in [-0.4, -0.2) is 34.6 Å². The highest BCUT2D eigenvalue weighted by Gasteiger charge is 2.25. The maximum atomic E-state index is 11.8. The molecule has 1 aromatic heterocycles. The molecule has 21 heavy (non-hydrogen) atoms. The average Bonchev–Trinajstić information content (AvgIpc) is 2.48. The zero-order valence-corrected chi connectivity index (χ0v) is 13.1. The van der Waals surface area contributed by atoms with Crippen molar-refractivity contribution in [2.75, 3.05) is 11.9 Å². The fourth-order valence-corrected chi connectivity index (χ4v) is 2.65. The van der Waals surface area contributed by atoms with E-state index in [9.17, 15) is 9.59 Å². The molecule has 0 aliphatic heterocycles. The lowest BCUT2D eigenvalue weighted by Gasteiger charge is -2.26. The molecule has 0 aromatic carbocycles. The van der Waals surface area contributed by atoms with E-state index in [0.29, 0.717) is 18.7 Å². The van der Waals surface area contributed by atoms with Crippen molar-refractivity contribution in [3.8, 4) is 0 Å². The third-order valence-corrected chi connectivity index (χ3v) is 4.09. The van der Waals surface area contributed by atoms with Gasteiger partial charge in [-0.25, -0.2) is 4.98 Å². The molecule has 1 aromatic rings. The van der Waals surface area contributed by atoms with Crippen molar-refractivity contribution in [2.24, 2.45) is 5.92 Å². The van der Waals surface area contributed by atoms with Crippen LogP contribution in [0.15, 0.2) is 22.8 Å². The highest BCUT2D eigenvalue weighted by atomic mass is 79.9. The molecule has 0 unspecified atom stereocenters. The van der Waals surface area contributed by atoms with Crippen LogP contribution in [0.4, 0.5) is 5.82 Å². The molecule has 2 rings (SSSR count). The molecule has 1 aliphatic rings. The highest BCUT2D eigenvalue weighted by Crippen LogP contribution is 2.24. The van der Waals surface area contributed by atoms with Crippen molar-refractivity contribution in [3.05, 3.63) is 22.8 Å². The van der Waals surface area contributed by atoms with E-state index < -0.39 is 5.97 Å². The van der Waals surface area contributed by atoms with Crippen molar-refractivity contribution in [2.45, 2.75) is 31.7 Å². The van der Waals surface area contributed by atoms with E-state index in [0.717, 1.165) is 17.3 Å². The van der Waals surface area contributed by atoms with Crippen LogP contribution in [0.25, 0.3) is 0 Å². The van der Waals surface area contributed by atoms with Gasteiger partial charge in [0.1, 0.15) is 5.82 Å². The minimum absolute atomic E-state index is 0.148. The lowest BCUT2D eigenvalue weighted by atomic mass is 9.86. The van der Waals surface area contributed by atoms with Crippen LogP contribution in [0.5, 0.6) is 0 Å². The number of aliphatic carboxylic acids is 1. The molecule has 1 fully saturated rings. The van der Waals surface area contributed by atoms with E-state index in [4.69, 9.17) is 5.11 Å². The summed E-state index contributed by atoms with van der Waals surface area (Å²) in [7, 11) is 0. The van der Waals surface area contributed by atoms with Gasteiger partial charge in [0.2, 0.25) is 5.91 Å². The molecule has 114 valence electrons. The van der Waals surface area contributed by atoms with E-state index >= 15 is 0 Å². The fraction of sp³-hybridized carbons (Fsp3) is 0.500. The molecule has 1 amide bonds. The number of carboxylic acids is 1. The average molecular weight is 356 g/mol. The zero-order chi connectivity index (χ0) is 15.2. The monoisotopic (exact) mass is 355 g/mol. The lowest BCUT2D eigenvalue weighted by Crippen LogP contribution is -2.39. The predicted molar refractivity (Wildman–Crippen MR) is 82.0 cm³/mol. The van der Waals surface area contributed by atoms with E-state index in [2.05, 4.69) is 31.5 Å². The summed E-state index contributed by atoms with van der Waals surface area (Å²) in [5.74, 6) is -0.582. The van der Waals surface area contributed by atoms with Crippen molar-refractivity contribution in [1.82, 2.24) is 10.3 Å². The minimum Gasteiger partial charge on any atom is -0.481 e. The smallest absolute Gasteiger partial charge is 0.306 e. The number of halogens is 1. The Morgan fingerprint density at radius 2 is 2.00 bits per heavy atom. The first-order valence-corrected chi connectivity index (χ1v) is 7.71. The van der Waals surface area contributed by atoms with Gasteiger partial charge in [0.05, 0.1) is 12.5 Å². The van der Waals surface area contributed by atoms with Crippen molar-refractivity contribution < 1.29 is 14.7 Å². The molecule has 6 nitrogen and oxygen atoms in total. The SMILES string of the molecule is O=C(CNC1CCC(C(=O)O)CC1)Nc1ccc(Br)cn1. The molecule has 1 heterocycles. The van der Waals surface area contributed by atoms with Crippen LogP contribution in [-0.2, 0) is 9.59 Å². The van der Waals surface area contributed by atoms with Gasteiger partial charge in [-0.15, -0.1) is 0 Å². The molecular formula is C14H18BrN3O3. The summed E-state index contributed by atoms with van der Waals surface area (Å²) >= 11 is 3.28. The number of rotatable bonds is 5. The number of amides is 1. The minimum atomic E-state index is -0.715. The first-order valence-electron chi connectivity index (χ1n) is 6.92. The number of anilines is 1. The Morgan fingerprint density at radius 3 is 2.57 bits per heavy atom. The van der Waals surface area contributed by atoms with Gasteiger partial charge in [-0.3, -0.25) is 9.59 Å². The number of carbonyl (C=O) groups is 2. The lowest BCUT2D eigenvalue weighted by molar-refractivity contribution is -0.143. The fourth-order valence-electron chi connectivity index (χ4n) is 2.42. The van der Waals surface area contributed by atoms with Gasteiger partial charge in [0, 0.05) is 16.7 Å². The Balaban J connectivity index is 1.70. The summed E-state index contributed by atoms with van der Waals surface area (Å²) in [4.78, 5) is 26.7. The number of aromatic nitrogens is 1. The second kappa shape index (κ2) is 7.51. The summed E-state index contributed by atoms with van der Waals surface area (Å²) in [6.45, 7) is 0.208. The molecule has 1 aliphatic carbocycles. The molecule has 1 saturated carbocycles. The van der Waals surface area contributed by atoms with Crippen LogP contribution in [0.1, 0.15) is 25.7 Å². The van der Waals surface area contributed by atoms with Crippen LogP contribution in [0.2, 0.25) is 0 Å². The van der Waals surface area contributed by atoms with Gasteiger partial charge in [-0.05, 0) is 53.7 Å². The van der Waals surface area contributed by atoms with Crippen molar-refractivity contribution in [3.63, 3.8) is 0 Å². The number of hydrogen-bond donors (Lipinski definition) is 3. The van der Waals surface area contributed by atoms with E-state index in [-0.39, 0.29) is 24.4 Å². The zero-order valence-electron chi connectivity index (χ0n) is 11.5. The molecule has 0 spiro atoms. The molecule has 3 N–H and O–H groups in total. The maximum Gasteiger partial charge on any atom is 0.306 e. The standard InChI is InChI=1S/C14H18BrN3O3/c15-10-3-6-12(17-7-10)18-13(19)8-16-11-4-1-9(2-5-11)14(20)21/h3,6-7,9,11,16H,1-2,4-5,8H2,(H,20,21)(H,17,18,19). The van der Waals surface area contributed by atoms with Gasteiger partial charge >= 0.3 is 5.97 Å². The summed E-state index contributed by atoms with van der Waals surface area (Å²) in [6, 6.07) is 3.74. The number of carbonyl (C=O) groups excluding carboxylic acids is 1. The summed E-state index contributed by atoms with van der Waals surface area (Å²) in [5, 5.41) is 14.8. The first-order chi connectivity index (χ1) is 10.0. The Morgan fingerprint density at radius 1 is 1.29 bits per heavy atom. The molecule has 7 heteroatoms. The number of nitrogens with zero attached hydrogens (tertiary/aromatic N) is 1. The topological polar surface area (TPSA) is 91.3 Å². The number of pyridine rings is 1. The van der Waals surface area contributed by atoms with E-state index in [1.54, 1.807) is 12.3 Å².